The number of nitrogens with one attached hydrogen (secondary N) is 2. The number of rotatable bonds is 3. The fraction of sp³-hybridized carbons (Fsp3) is 0.176. The standard InChI is InChI=1S/C9H10FNO.C8H10FNO2S.C8H6FN.C8H9F.C7H6ClF.C7H5F3.C7H6F2.C7H8FN.C7H7F.C6H6ClN/c1-6-3-4-8(10)9(5-6)11-7(2)12;1-6-3-4-7(9)8(5-6)10-13(2,11)12;1-6-3-4-7(9)8(5-6)10-2;1-6-3-4-8(9)7(2)5-6;1-5-2-3-7(9)6(8)4-5;1-4-2-5(8)7(10)6(9)3-4;2*1-5-2-3-6(8)7(9)4-5;1-6-2-4-7(8)5-3-6;1-5-2-3-8-6(7)4-5/h3-5H,1-2H3,(H,11,12);3-5,10H,1-2H3;3-5H,1H3;3-5H,1-2H3;2-4H,1H3;2-3H,1H3;2-4H,1H3;2-4H,9H2,1H3;2-5H,1H3;2-4H,1H3. The fourth-order valence-corrected chi connectivity index (χ4v) is 7.94. The molecular formula is C74H73Cl2F12N5O3S. The third-order valence-electron chi connectivity index (χ3n) is 11.7. The summed E-state index contributed by atoms with van der Waals surface area (Å²) in [6.45, 7) is 27.9. The average molecular weight is 1410 g/mol. The lowest BCUT2D eigenvalue weighted by Gasteiger charge is -2.05. The molecule has 0 aliphatic heterocycles. The van der Waals surface area contributed by atoms with Crippen LogP contribution in [0.3, 0.4) is 0 Å². The van der Waals surface area contributed by atoms with E-state index in [4.69, 9.17) is 35.5 Å². The lowest BCUT2D eigenvalue weighted by molar-refractivity contribution is -0.114. The summed E-state index contributed by atoms with van der Waals surface area (Å²) < 4.78 is 172. The number of halogens is 14. The predicted octanol–water partition coefficient (Wildman–Crippen LogP) is 22.1. The van der Waals surface area contributed by atoms with Crippen molar-refractivity contribution in [1.29, 1.82) is 0 Å². The third kappa shape index (κ3) is 37.3. The number of pyridine rings is 1. The molecule has 9 aromatic carbocycles. The first kappa shape index (κ1) is 85.4. The molecule has 97 heavy (non-hydrogen) atoms. The highest BCUT2D eigenvalue weighted by atomic mass is 35.5. The number of benzene rings is 9. The Morgan fingerprint density at radius 1 is 0.423 bits per heavy atom. The molecule has 516 valence electrons. The topological polar surface area (TPSA) is 119 Å². The maximum Gasteiger partial charge on any atom is 0.229 e. The molecule has 0 atom stereocenters. The number of nitrogens with zero attached hydrogens (tertiary/aromatic N) is 2. The Bertz CT molecular complexity index is 4050. The Balaban J connectivity index is 0.000000541. The first-order valence-corrected chi connectivity index (χ1v) is 31.3. The minimum absolute atomic E-state index is 0.0116. The summed E-state index contributed by atoms with van der Waals surface area (Å²) in [7, 11) is -3.41. The molecule has 0 saturated carbocycles. The second kappa shape index (κ2) is 43.5. The number of anilines is 3. The van der Waals surface area contributed by atoms with Crippen molar-refractivity contribution < 1.29 is 65.9 Å². The number of aromatic nitrogens is 1. The summed E-state index contributed by atoms with van der Waals surface area (Å²) in [5.74, 6) is -7.96. The maximum atomic E-state index is 13.0. The SMILES string of the molecule is CC(=O)Nc1cc(C)ccc1F.Cc1cc(F)c(F)c(F)c1.Cc1ccc(F)c(C)c1.Cc1ccc(F)c(Cl)c1.Cc1ccc(F)c(F)c1.Cc1ccc(F)c(N)c1.Cc1ccc(F)c(NS(C)(=O)=O)c1.Cc1ccc(F)cc1.Cc1ccnc(Cl)c1.[C-]#[N+]c1cc(C)ccc1F. The van der Waals surface area contributed by atoms with E-state index in [1.54, 1.807) is 93.7 Å². The van der Waals surface area contributed by atoms with Crippen LogP contribution in [0.2, 0.25) is 10.2 Å². The van der Waals surface area contributed by atoms with Gasteiger partial charge in [0.2, 0.25) is 21.6 Å². The zero-order chi connectivity index (χ0) is 73.9. The molecule has 0 aliphatic carbocycles. The van der Waals surface area contributed by atoms with Crippen LogP contribution in [0.25, 0.3) is 4.85 Å². The molecule has 0 bridgehead atoms. The molecule has 0 aliphatic rings. The van der Waals surface area contributed by atoms with Gasteiger partial charge in [0.1, 0.15) is 45.9 Å². The Morgan fingerprint density at radius 3 is 1.20 bits per heavy atom. The van der Waals surface area contributed by atoms with E-state index in [2.05, 4.69) is 19.9 Å². The zero-order valence-corrected chi connectivity index (χ0v) is 57.5. The van der Waals surface area contributed by atoms with Gasteiger partial charge in [-0.3, -0.25) is 9.52 Å². The number of sulfonamides is 1. The van der Waals surface area contributed by atoms with Gasteiger partial charge in [0.15, 0.2) is 29.1 Å². The van der Waals surface area contributed by atoms with Crippen molar-refractivity contribution in [2.45, 2.75) is 83.1 Å². The third-order valence-corrected chi connectivity index (χ3v) is 12.8. The van der Waals surface area contributed by atoms with Crippen molar-refractivity contribution in [1.82, 2.24) is 4.98 Å². The Kier molecular flexibility index (Phi) is 38.3. The average Bonchev–Trinajstić information content (AvgIpc) is 1.33. The molecule has 1 heterocycles. The Morgan fingerprint density at radius 2 is 0.814 bits per heavy atom. The quantitative estimate of drug-likeness (QED) is 0.0535. The number of nitrogens with two attached hydrogens (primary N) is 1. The lowest BCUT2D eigenvalue weighted by atomic mass is 10.1. The number of aryl methyl sites for hydroxylation is 11. The van der Waals surface area contributed by atoms with Crippen LogP contribution in [-0.2, 0) is 14.8 Å². The van der Waals surface area contributed by atoms with E-state index in [1.165, 1.54) is 80.6 Å². The van der Waals surface area contributed by atoms with Crippen LogP contribution < -0.4 is 15.8 Å². The van der Waals surface area contributed by atoms with Crippen LogP contribution in [0.5, 0.6) is 0 Å². The summed E-state index contributed by atoms with van der Waals surface area (Å²) in [5, 5.41) is 3.15. The highest BCUT2D eigenvalue weighted by Gasteiger charge is 2.09. The number of carbonyl (C=O) groups excluding carboxylic acids is 1. The van der Waals surface area contributed by atoms with Gasteiger partial charge in [0.05, 0.1) is 34.9 Å². The Hall–Kier alpha value is -9.62. The van der Waals surface area contributed by atoms with Gasteiger partial charge in [0, 0.05) is 13.1 Å². The highest BCUT2D eigenvalue weighted by molar-refractivity contribution is 7.92. The Labute approximate surface area is 569 Å². The van der Waals surface area contributed by atoms with Gasteiger partial charge < -0.3 is 11.1 Å². The molecule has 10 aromatic rings. The van der Waals surface area contributed by atoms with Crippen molar-refractivity contribution in [3.8, 4) is 0 Å². The van der Waals surface area contributed by atoms with Crippen LogP contribution in [-0.4, -0.2) is 25.6 Å². The smallest absolute Gasteiger partial charge is 0.229 e. The van der Waals surface area contributed by atoms with Crippen LogP contribution in [0.4, 0.5) is 75.4 Å². The van der Waals surface area contributed by atoms with Crippen LogP contribution in [0, 0.1) is 153 Å². The normalized spacial score (nSPS) is 9.75. The second-order valence-corrected chi connectivity index (χ2v) is 23.7. The molecule has 4 N–H and O–H groups in total. The van der Waals surface area contributed by atoms with Gasteiger partial charge in [-0.2, -0.15) is 0 Å². The number of amides is 1. The number of nitrogen functional groups attached to an aromatic ring is 1. The van der Waals surface area contributed by atoms with Gasteiger partial charge >= 0.3 is 0 Å². The van der Waals surface area contributed by atoms with E-state index in [0.29, 0.717) is 10.7 Å². The van der Waals surface area contributed by atoms with Gasteiger partial charge in [0.25, 0.3) is 0 Å². The molecule has 0 saturated heterocycles. The van der Waals surface area contributed by atoms with Crippen molar-refractivity contribution in [2.75, 3.05) is 22.0 Å². The molecule has 0 fully saturated rings. The minimum atomic E-state index is -3.41. The first-order chi connectivity index (χ1) is 45.2. The molecule has 8 nitrogen and oxygen atoms in total. The molecule has 0 radical (unpaired) electrons. The number of carbonyl (C=O) groups is 1. The predicted molar refractivity (Wildman–Crippen MR) is 367 cm³/mol. The van der Waals surface area contributed by atoms with E-state index >= 15 is 0 Å². The molecular weight excluding hydrogens is 1340 g/mol. The van der Waals surface area contributed by atoms with E-state index in [0.717, 1.165) is 86.2 Å². The van der Waals surface area contributed by atoms with Crippen molar-refractivity contribution >= 4 is 61.9 Å². The summed E-state index contributed by atoms with van der Waals surface area (Å²) in [5.41, 5.74) is 15.5. The van der Waals surface area contributed by atoms with E-state index in [9.17, 15) is 65.9 Å². The van der Waals surface area contributed by atoms with Crippen molar-refractivity contribution in [2.24, 2.45) is 0 Å². The summed E-state index contributed by atoms with van der Waals surface area (Å²) in [6.07, 6.45) is 2.67. The summed E-state index contributed by atoms with van der Waals surface area (Å²) in [4.78, 5) is 17.4. The largest absolute Gasteiger partial charge is 0.396 e. The van der Waals surface area contributed by atoms with Gasteiger partial charge in [-0.05, 0) is 230 Å². The minimum Gasteiger partial charge on any atom is -0.396 e. The van der Waals surface area contributed by atoms with E-state index in [-0.39, 0.29) is 56.9 Å². The summed E-state index contributed by atoms with van der Waals surface area (Å²) >= 11 is 11.0. The van der Waals surface area contributed by atoms with E-state index < -0.39 is 56.6 Å². The van der Waals surface area contributed by atoms with Crippen LogP contribution in [0.15, 0.2) is 182 Å². The maximum absolute atomic E-state index is 13.0. The molecule has 0 unspecified atom stereocenters. The van der Waals surface area contributed by atoms with Gasteiger partial charge in [-0.15, -0.1) is 0 Å². The van der Waals surface area contributed by atoms with Gasteiger partial charge in [-0.25, -0.2) is 70.9 Å². The second-order valence-electron chi connectivity index (χ2n) is 21.2. The zero-order valence-electron chi connectivity index (χ0n) is 55.2. The first-order valence-electron chi connectivity index (χ1n) is 28.6. The highest BCUT2D eigenvalue weighted by Crippen LogP contribution is 2.21. The van der Waals surface area contributed by atoms with Crippen molar-refractivity contribution in [3.63, 3.8) is 0 Å². The van der Waals surface area contributed by atoms with Gasteiger partial charge in [-0.1, -0.05) is 107 Å². The monoisotopic (exact) mass is 1410 g/mol. The van der Waals surface area contributed by atoms with Crippen LogP contribution >= 0.6 is 23.2 Å². The molecule has 1 aromatic heterocycles. The number of hydrogen-bond donors (Lipinski definition) is 3. The molecule has 10 rings (SSSR count). The fourth-order valence-electron chi connectivity index (χ4n) is 6.92. The summed E-state index contributed by atoms with van der Waals surface area (Å²) in [6, 6.07) is 43.5. The van der Waals surface area contributed by atoms with Crippen LogP contribution in [0.1, 0.15) is 68.1 Å². The molecule has 0 spiro atoms. The number of hydrogen-bond acceptors (Lipinski definition) is 5. The lowest BCUT2D eigenvalue weighted by Crippen LogP contribution is -2.10. The molecule has 23 heteroatoms. The van der Waals surface area contributed by atoms with E-state index in [1.807, 2.05) is 66.7 Å². The van der Waals surface area contributed by atoms with Crippen molar-refractivity contribution in [3.05, 3.63) is 335 Å². The molecule has 1 amide bonds.